The average Bonchev–Trinajstić information content (AvgIpc) is 3.59. The second kappa shape index (κ2) is 15.7. The second-order valence-corrected chi connectivity index (χ2v) is 12.5. The second-order valence-electron chi connectivity index (χ2n) is 12.5. The molecule has 1 aromatic heterocycles. The molecule has 8 N–H and O–H groups in total. The highest BCUT2D eigenvalue weighted by molar-refractivity contribution is 6.14. The summed E-state index contributed by atoms with van der Waals surface area (Å²) >= 11 is 0. The number of benzene rings is 2. The summed E-state index contributed by atoms with van der Waals surface area (Å²) in [5, 5.41) is 24.9. The van der Waals surface area contributed by atoms with E-state index in [9.17, 15) is 9.59 Å². The van der Waals surface area contributed by atoms with Crippen LogP contribution in [0.2, 0.25) is 0 Å². The maximum absolute atomic E-state index is 13.8. The molecule has 1 saturated heterocycles. The first-order valence-electron chi connectivity index (χ1n) is 16.6. The van der Waals surface area contributed by atoms with Crippen molar-refractivity contribution >= 4 is 52.5 Å². The lowest BCUT2D eigenvalue weighted by atomic mass is 9.98. The highest BCUT2D eigenvalue weighted by atomic mass is 16.3. The van der Waals surface area contributed by atoms with Crippen LogP contribution in [0.4, 0.5) is 11.5 Å². The van der Waals surface area contributed by atoms with Crippen molar-refractivity contribution in [2.75, 3.05) is 56.9 Å². The number of rotatable bonds is 11. The van der Waals surface area contributed by atoms with Crippen LogP contribution in [0.25, 0.3) is 5.57 Å². The van der Waals surface area contributed by atoms with Crippen LogP contribution in [-0.4, -0.2) is 102 Å². The Morgan fingerprint density at radius 2 is 1.84 bits per heavy atom. The fourth-order valence-electron chi connectivity index (χ4n) is 6.28. The van der Waals surface area contributed by atoms with Gasteiger partial charge >= 0.3 is 0 Å². The van der Waals surface area contributed by atoms with Gasteiger partial charge in [-0.2, -0.15) is 0 Å². The number of aromatic nitrogens is 1. The largest absolute Gasteiger partial charge is 0.593 e. The molecule has 0 bridgehead atoms. The molecule has 0 saturated carbocycles. The third kappa shape index (κ3) is 7.95. The Bertz CT molecular complexity index is 1880. The molecule has 50 heavy (non-hydrogen) atoms. The van der Waals surface area contributed by atoms with Gasteiger partial charge in [0.1, 0.15) is 23.7 Å². The molecule has 2 aliphatic heterocycles. The minimum atomic E-state index is -0.295. The first-order chi connectivity index (χ1) is 24.0. The van der Waals surface area contributed by atoms with Crippen LogP contribution in [0.3, 0.4) is 0 Å². The number of hydrogen-bond acceptors (Lipinski definition) is 8. The summed E-state index contributed by atoms with van der Waals surface area (Å²) in [5.74, 6) is 0.670. The Kier molecular flexibility index (Phi) is 11.2. The minimum absolute atomic E-state index is 0.0424. The Balaban J connectivity index is 1.19. The molecule has 13 heteroatoms. The van der Waals surface area contributed by atoms with Gasteiger partial charge in [0, 0.05) is 56.1 Å². The molecule has 3 aromatic rings. The number of nitrogens with two attached hydrogens (primary N) is 2. The molecule has 0 aliphatic carbocycles. The molecular formula is C37H45N10O3+. The maximum atomic E-state index is 13.8. The summed E-state index contributed by atoms with van der Waals surface area (Å²) < 4.78 is 0. The van der Waals surface area contributed by atoms with Gasteiger partial charge in [0.25, 0.3) is 5.75 Å². The molecule has 5 rings (SSSR count). The van der Waals surface area contributed by atoms with Crippen LogP contribution in [0.5, 0.6) is 5.75 Å². The number of amides is 2. The standard InChI is InChI=1S/C37H44N10O3/c1-4-47(32-12-10-30(39)35(44-32)34(40)27-9-11-31(48)29(19-27)23(2)38)37(50)28-13-16-45(20-28)21-33(49)46-17-14-25(15-18-46)24-5-7-26(8-6-24)36(41)43-22-42-3/h5-12,14,19,22,28,38,40,48H,4,13,15-18,20-21,39H2,1-3H3,(H2,41,42,43)/p+1/t28-/m1/s1. The van der Waals surface area contributed by atoms with E-state index in [2.05, 4.69) is 21.0 Å². The lowest BCUT2D eigenvalue weighted by molar-refractivity contribution is -0.132. The van der Waals surface area contributed by atoms with E-state index in [4.69, 9.17) is 27.4 Å². The van der Waals surface area contributed by atoms with Gasteiger partial charge in [-0.15, -0.1) is 0 Å². The number of carbonyl (C=O) groups is 2. The number of amidine groups is 1. The molecule has 0 radical (unpaired) electrons. The average molecular weight is 678 g/mol. The summed E-state index contributed by atoms with van der Waals surface area (Å²) in [7, 11) is 1.64. The lowest BCUT2D eigenvalue weighted by Crippen LogP contribution is -2.42. The van der Waals surface area contributed by atoms with Crippen molar-refractivity contribution in [2.45, 2.75) is 26.7 Å². The van der Waals surface area contributed by atoms with E-state index in [0.29, 0.717) is 67.6 Å². The minimum Gasteiger partial charge on any atom is -0.593 e. The summed E-state index contributed by atoms with van der Waals surface area (Å²) in [6.45, 7) is 6.38. The van der Waals surface area contributed by atoms with E-state index in [0.717, 1.165) is 17.5 Å². The molecular weight excluding hydrogens is 632 g/mol. The predicted octanol–water partition coefficient (Wildman–Crippen LogP) is 3.26. The zero-order valence-corrected chi connectivity index (χ0v) is 28.7. The highest BCUT2D eigenvalue weighted by Crippen LogP contribution is 2.27. The number of nitrogens with one attached hydrogen (secondary N) is 2. The summed E-state index contributed by atoms with van der Waals surface area (Å²) in [6, 6.07) is 16.0. The predicted molar refractivity (Wildman–Crippen MR) is 200 cm³/mol. The van der Waals surface area contributed by atoms with Gasteiger partial charge in [0.2, 0.25) is 11.8 Å². The van der Waals surface area contributed by atoms with E-state index in [1.807, 2.05) is 41.0 Å². The van der Waals surface area contributed by atoms with E-state index < -0.39 is 0 Å². The number of hydrogen-bond donors (Lipinski definition) is 4. The molecule has 1 fully saturated rings. The molecule has 13 nitrogen and oxygen atoms in total. The van der Waals surface area contributed by atoms with Crippen molar-refractivity contribution < 1.29 is 14.7 Å². The highest BCUT2D eigenvalue weighted by Gasteiger charge is 2.34. The van der Waals surface area contributed by atoms with E-state index in [-0.39, 0.29) is 47.1 Å². The van der Waals surface area contributed by atoms with Crippen LogP contribution in [0.15, 0.2) is 70.7 Å². The van der Waals surface area contributed by atoms with Gasteiger partial charge in [-0.3, -0.25) is 29.8 Å². The SMILES string of the molecule is CCN(C(=O)[C@@H]1CCN(CC(=O)N2CC=C(c3ccc(C(N)=NC=NC)cc3)CC2)C1)c1ccc(N)c(C(=N)c2ccc([OH2+])c(C(C)=N)c2)n1. The molecule has 260 valence electrons. The number of pyridine rings is 1. The molecule has 2 amide bonds. The zero-order chi connectivity index (χ0) is 35.9. The molecule has 0 spiro atoms. The topological polar surface area (TPSA) is 204 Å². The van der Waals surface area contributed by atoms with Crippen molar-refractivity contribution in [1.82, 2.24) is 14.8 Å². The maximum Gasteiger partial charge on any atom is 0.263 e. The van der Waals surface area contributed by atoms with Crippen molar-refractivity contribution in [3.8, 4) is 5.75 Å². The molecule has 1 atom stereocenters. The van der Waals surface area contributed by atoms with E-state index in [1.165, 1.54) is 11.9 Å². The van der Waals surface area contributed by atoms with Gasteiger partial charge in [-0.25, -0.2) is 9.98 Å². The normalized spacial score (nSPS) is 16.8. The number of nitrogen functional groups attached to an aromatic ring is 1. The van der Waals surface area contributed by atoms with Crippen molar-refractivity contribution in [2.24, 2.45) is 21.6 Å². The van der Waals surface area contributed by atoms with Gasteiger partial charge in [0.15, 0.2) is 0 Å². The van der Waals surface area contributed by atoms with Gasteiger partial charge in [-0.05, 0) is 68.6 Å². The van der Waals surface area contributed by atoms with E-state index >= 15 is 0 Å². The Hall–Kier alpha value is -5.69. The van der Waals surface area contributed by atoms with Crippen molar-refractivity contribution in [1.29, 1.82) is 10.8 Å². The van der Waals surface area contributed by atoms with Crippen LogP contribution in [0.1, 0.15) is 54.6 Å². The fourth-order valence-corrected chi connectivity index (χ4v) is 6.28. The van der Waals surface area contributed by atoms with Crippen LogP contribution >= 0.6 is 0 Å². The number of nitrogens with zero attached hydrogens (tertiary/aromatic N) is 6. The summed E-state index contributed by atoms with van der Waals surface area (Å²) in [6.07, 6.45) is 4.89. The summed E-state index contributed by atoms with van der Waals surface area (Å²) in [5.41, 5.74) is 17.1. The number of likely N-dealkylation sites (tertiary alicyclic amines) is 1. The third-order valence-corrected chi connectivity index (χ3v) is 9.13. The molecule has 2 aromatic carbocycles. The third-order valence-electron chi connectivity index (χ3n) is 9.13. The van der Waals surface area contributed by atoms with Crippen LogP contribution < -0.4 is 16.4 Å². The number of anilines is 2. The molecule has 0 unspecified atom stereocenters. The molecule has 2 aliphatic rings. The van der Waals surface area contributed by atoms with Crippen LogP contribution in [0, 0.1) is 16.7 Å². The van der Waals surface area contributed by atoms with Gasteiger partial charge < -0.3 is 26.9 Å². The monoisotopic (exact) mass is 677 g/mol. The Labute approximate surface area is 292 Å². The fraction of sp³-hybridized carbons (Fsp3) is 0.324. The molecule has 3 heterocycles. The first-order valence-corrected chi connectivity index (χ1v) is 16.6. The zero-order valence-electron chi connectivity index (χ0n) is 28.7. The quantitative estimate of drug-likeness (QED) is 0.136. The summed E-state index contributed by atoms with van der Waals surface area (Å²) in [4.78, 5) is 45.1. The van der Waals surface area contributed by atoms with Crippen molar-refractivity contribution in [3.05, 3.63) is 88.6 Å². The first kappa shape index (κ1) is 35.6. The van der Waals surface area contributed by atoms with Crippen LogP contribution in [-0.2, 0) is 9.59 Å². The lowest BCUT2D eigenvalue weighted by Gasteiger charge is -2.29. The number of carbonyl (C=O) groups excluding carboxylic acids is 2. The van der Waals surface area contributed by atoms with E-state index in [1.54, 1.807) is 49.2 Å². The van der Waals surface area contributed by atoms with Gasteiger partial charge in [-0.1, -0.05) is 30.3 Å². The Morgan fingerprint density at radius 3 is 2.50 bits per heavy atom. The van der Waals surface area contributed by atoms with Gasteiger partial charge in [0.05, 0.1) is 29.4 Å². The smallest absolute Gasteiger partial charge is 0.263 e. The number of aliphatic imine (C=N–C) groups is 2. The Morgan fingerprint density at radius 1 is 1.10 bits per heavy atom. The van der Waals surface area contributed by atoms with Crippen molar-refractivity contribution in [3.63, 3.8) is 0 Å².